The summed E-state index contributed by atoms with van der Waals surface area (Å²) in [6.07, 6.45) is 0. The van der Waals surface area contributed by atoms with Crippen LogP contribution in [-0.2, 0) is 4.74 Å². The smallest absolute Gasteiger partial charge is 0.338 e. The zero-order chi connectivity index (χ0) is 18.7. The van der Waals surface area contributed by atoms with E-state index in [1.54, 1.807) is 43.3 Å². The van der Waals surface area contributed by atoms with Crippen molar-refractivity contribution in [2.75, 3.05) is 19.0 Å². The predicted molar refractivity (Wildman–Crippen MR) is 104 cm³/mol. The van der Waals surface area contributed by atoms with Crippen LogP contribution in [0.25, 0.3) is 10.2 Å². The molecule has 0 aliphatic heterocycles. The first-order valence-electron chi connectivity index (χ1n) is 7.74. The number of ether oxygens (including phenoxy) is 2. The molecule has 0 saturated heterocycles. The van der Waals surface area contributed by atoms with Crippen molar-refractivity contribution in [3.63, 3.8) is 0 Å². The zero-order valence-corrected chi connectivity index (χ0v) is 16.4. The first kappa shape index (κ1) is 18.3. The lowest BCUT2D eigenvalue weighted by Crippen LogP contribution is -2.13. The Morgan fingerprint density at radius 1 is 1.23 bits per heavy atom. The van der Waals surface area contributed by atoms with Gasteiger partial charge in [-0.2, -0.15) is 0 Å². The Morgan fingerprint density at radius 2 is 2.04 bits per heavy atom. The Labute approximate surface area is 162 Å². The normalized spacial score (nSPS) is 10.6. The minimum Gasteiger partial charge on any atom is -0.496 e. The average Bonchev–Trinajstić information content (AvgIpc) is 3.03. The summed E-state index contributed by atoms with van der Waals surface area (Å²) in [5.74, 6) is -0.239. The highest BCUT2D eigenvalue weighted by atomic mass is 79.9. The maximum Gasteiger partial charge on any atom is 0.338 e. The molecule has 1 aromatic heterocycles. The quantitative estimate of drug-likeness (QED) is 0.598. The van der Waals surface area contributed by atoms with Crippen LogP contribution in [0.5, 0.6) is 5.75 Å². The standard InChI is InChI=1S/C18H15BrN2O4S/c1-3-25-17(23)10-4-6-13-15(8-10)26-18(20-13)21-16(22)12-9-11(19)5-7-14(12)24-2/h4-9H,3H2,1-2H3,(H,20,21,22). The summed E-state index contributed by atoms with van der Waals surface area (Å²) >= 11 is 4.63. The van der Waals surface area contributed by atoms with Gasteiger partial charge in [0, 0.05) is 4.47 Å². The number of carbonyl (C=O) groups is 2. The molecule has 8 heteroatoms. The number of nitrogens with zero attached hydrogens (tertiary/aromatic N) is 1. The number of rotatable bonds is 5. The Hall–Kier alpha value is -2.45. The molecule has 0 atom stereocenters. The second-order valence-corrected chi connectivity index (χ2v) is 7.17. The van der Waals surface area contributed by atoms with Gasteiger partial charge in [-0.15, -0.1) is 0 Å². The number of aromatic nitrogens is 1. The van der Waals surface area contributed by atoms with E-state index in [0.717, 1.165) is 9.17 Å². The van der Waals surface area contributed by atoms with Gasteiger partial charge in [-0.05, 0) is 43.3 Å². The summed E-state index contributed by atoms with van der Waals surface area (Å²) in [6.45, 7) is 2.07. The number of fused-ring (bicyclic) bond motifs is 1. The number of amides is 1. The van der Waals surface area contributed by atoms with Crippen molar-refractivity contribution in [2.45, 2.75) is 6.92 Å². The fourth-order valence-corrected chi connectivity index (χ4v) is 3.60. The van der Waals surface area contributed by atoms with E-state index < -0.39 is 0 Å². The third-order valence-electron chi connectivity index (χ3n) is 3.53. The Kier molecular flexibility index (Phi) is 5.53. The van der Waals surface area contributed by atoms with Gasteiger partial charge in [0.2, 0.25) is 0 Å². The topological polar surface area (TPSA) is 77.5 Å². The maximum atomic E-state index is 12.6. The molecule has 0 aliphatic carbocycles. The van der Waals surface area contributed by atoms with Crippen LogP contribution in [-0.4, -0.2) is 30.6 Å². The third-order valence-corrected chi connectivity index (χ3v) is 4.95. The lowest BCUT2D eigenvalue weighted by molar-refractivity contribution is 0.0526. The number of hydrogen-bond donors (Lipinski definition) is 1. The molecular weight excluding hydrogens is 420 g/mol. The minimum atomic E-state index is -0.382. The third kappa shape index (κ3) is 3.86. The highest BCUT2D eigenvalue weighted by Gasteiger charge is 2.16. The monoisotopic (exact) mass is 434 g/mol. The van der Waals surface area contributed by atoms with Gasteiger partial charge in [0.25, 0.3) is 5.91 Å². The number of nitrogens with one attached hydrogen (secondary N) is 1. The molecule has 0 unspecified atom stereocenters. The minimum absolute atomic E-state index is 0.315. The van der Waals surface area contributed by atoms with Crippen LogP contribution >= 0.6 is 27.3 Å². The lowest BCUT2D eigenvalue weighted by atomic mass is 10.2. The van der Waals surface area contributed by atoms with E-state index >= 15 is 0 Å². The Morgan fingerprint density at radius 3 is 2.77 bits per heavy atom. The number of esters is 1. The summed E-state index contributed by atoms with van der Waals surface area (Å²) in [5, 5.41) is 3.21. The van der Waals surface area contributed by atoms with Gasteiger partial charge in [-0.1, -0.05) is 27.3 Å². The average molecular weight is 435 g/mol. The molecule has 1 N–H and O–H groups in total. The fourth-order valence-electron chi connectivity index (χ4n) is 2.34. The second-order valence-electron chi connectivity index (χ2n) is 5.22. The molecule has 0 aliphatic rings. The van der Waals surface area contributed by atoms with Crippen molar-refractivity contribution in [2.24, 2.45) is 0 Å². The van der Waals surface area contributed by atoms with Gasteiger partial charge < -0.3 is 9.47 Å². The van der Waals surface area contributed by atoms with Crippen LogP contribution in [0.1, 0.15) is 27.6 Å². The highest BCUT2D eigenvalue weighted by Crippen LogP contribution is 2.29. The van der Waals surface area contributed by atoms with E-state index in [1.165, 1.54) is 18.4 Å². The summed E-state index contributed by atoms with van der Waals surface area (Å²) < 4.78 is 11.8. The first-order valence-corrected chi connectivity index (χ1v) is 9.35. The predicted octanol–water partition coefficient (Wildman–Crippen LogP) is 4.50. The van der Waals surface area contributed by atoms with E-state index in [4.69, 9.17) is 9.47 Å². The van der Waals surface area contributed by atoms with Crippen LogP contribution in [0.15, 0.2) is 40.9 Å². The van der Waals surface area contributed by atoms with E-state index in [-0.39, 0.29) is 11.9 Å². The van der Waals surface area contributed by atoms with Crippen molar-refractivity contribution < 1.29 is 19.1 Å². The molecule has 0 radical (unpaired) electrons. The number of carbonyl (C=O) groups excluding carboxylic acids is 2. The van der Waals surface area contributed by atoms with Gasteiger partial charge >= 0.3 is 5.97 Å². The van der Waals surface area contributed by atoms with Crippen molar-refractivity contribution in [1.82, 2.24) is 4.98 Å². The number of thiazole rings is 1. The van der Waals surface area contributed by atoms with Crippen molar-refractivity contribution in [3.8, 4) is 5.75 Å². The molecule has 0 saturated carbocycles. The molecular formula is C18H15BrN2O4S. The molecule has 2 aromatic carbocycles. The molecule has 0 fully saturated rings. The second kappa shape index (κ2) is 7.84. The highest BCUT2D eigenvalue weighted by molar-refractivity contribution is 9.10. The summed E-state index contributed by atoms with van der Waals surface area (Å²) in [7, 11) is 1.51. The molecule has 1 heterocycles. The molecule has 6 nitrogen and oxygen atoms in total. The van der Waals surface area contributed by atoms with E-state index in [1.807, 2.05) is 0 Å². The van der Waals surface area contributed by atoms with E-state index in [0.29, 0.717) is 34.1 Å². The van der Waals surface area contributed by atoms with Crippen LogP contribution < -0.4 is 10.1 Å². The first-order chi connectivity index (χ1) is 12.5. The number of benzene rings is 2. The van der Waals surface area contributed by atoms with Crippen LogP contribution in [0, 0.1) is 0 Å². The van der Waals surface area contributed by atoms with Crippen LogP contribution in [0.3, 0.4) is 0 Å². The van der Waals surface area contributed by atoms with Gasteiger partial charge in [0.05, 0.1) is 35.1 Å². The summed E-state index contributed by atoms with van der Waals surface area (Å²) in [4.78, 5) is 28.8. The van der Waals surface area contributed by atoms with E-state index in [9.17, 15) is 9.59 Å². The number of anilines is 1. The molecule has 0 spiro atoms. The lowest BCUT2D eigenvalue weighted by Gasteiger charge is -2.08. The van der Waals surface area contributed by atoms with Crippen LogP contribution in [0.4, 0.5) is 5.13 Å². The molecule has 3 rings (SSSR count). The number of hydrogen-bond acceptors (Lipinski definition) is 6. The van der Waals surface area contributed by atoms with Crippen molar-refractivity contribution in [1.29, 1.82) is 0 Å². The number of methoxy groups -OCH3 is 1. The largest absolute Gasteiger partial charge is 0.496 e. The van der Waals surface area contributed by atoms with Gasteiger partial charge in [0.15, 0.2) is 5.13 Å². The molecule has 134 valence electrons. The Bertz CT molecular complexity index is 986. The molecule has 1 amide bonds. The Balaban J connectivity index is 1.86. The number of halogens is 1. The maximum absolute atomic E-state index is 12.6. The van der Waals surface area contributed by atoms with Gasteiger partial charge in [-0.25, -0.2) is 9.78 Å². The fraction of sp³-hybridized carbons (Fsp3) is 0.167. The van der Waals surface area contributed by atoms with Gasteiger partial charge in [0.1, 0.15) is 5.75 Å². The van der Waals surface area contributed by atoms with Crippen molar-refractivity contribution >= 4 is 54.5 Å². The van der Waals surface area contributed by atoms with Crippen LogP contribution in [0.2, 0.25) is 0 Å². The SMILES string of the molecule is CCOC(=O)c1ccc2nc(NC(=O)c3cc(Br)ccc3OC)sc2c1. The molecule has 3 aromatic rings. The van der Waals surface area contributed by atoms with Gasteiger partial charge in [-0.3, -0.25) is 10.1 Å². The molecule has 0 bridgehead atoms. The van der Waals surface area contributed by atoms with Crippen molar-refractivity contribution in [3.05, 3.63) is 52.0 Å². The van der Waals surface area contributed by atoms with E-state index in [2.05, 4.69) is 26.2 Å². The molecule has 26 heavy (non-hydrogen) atoms. The zero-order valence-electron chi connectivity index (χ0n) is 14.0. The summed E-state index contributed by atoms with van der Waals surface area (Å²) in [6, 6.07) is 10.3. The summed E-state index contributed by atoms with van der Waals surface area (Å²) in [5.41, 5.74) is 1.54.